The van der Waals surface area contributed by atoms with Crippen LogP contribution in [0, 0.1) is 6.92 Å². The fourth-order valence-electron chi connectivity index (χ4n) is 3.51. The van der Waals surface area contributed by atoms with Crippen LogP contribution in [0.4, 0.5) is 13.2 Å². The molecule has 0 fully saturated rings. The van der Waals surface area contributed by atoms with Gasteiger partial charge < -0.3 is 14.6 Å². The van der Waals surface area contributed by atoms with E-state index in [0.29, 0.717) is 17.1 Å². The number of halogens is 3. The first-order chi connectivity index (χ1) is 16.7. The second-order valence-corrected chi connectivity index (χ2v) is 8.86. The summed E-state index contributed by atoms with van der Waals surface area (Å²) in [6.07, 6.45) is -4.38. The van der Waals surface area contributed by atoms with Crippen LogP contribution in [0.25, 0.3) is 20.9 Å². The maximum atomic E-state index is 13.0. The molecule has 0 radical (unpaired) electrons. The van der Waals surface area contributed by atoms with Crippen molar-refractivity contribution in [2.75, 3.05) is 6.61 Å². The number of benzene rings is 3. The third-order valence-corrected chi connectivity index (χ3v) is 6.51. The molecule has 1 aromatic heterocycles. The van der Waals surface area contributed by atoms with E-state index in [1.54, 1.807) is 25.1 Å². The smallest absolute Gasteiger partial charge is 0.416 e. The summed E-state index contributed by atoms with van der Waals surface area (Å²) in [5.41, 5.74) is 2.64. The van der Waals surface area contributed by atoms with Gasteiger partial charge in [-0.1, -0.05) is 42.5 Å². The molecule has 0 aliphatic heterocycles. The van der Waals surface area contributed by atoms with Crippen molar-refractivity contribution < 1.29 is 32.5 Å². The van der Waals surface area contributed by atoms with Gasteiger partial charge in [-0.15, -0.1) is 11.3 Å². The van der Waals surface area contributed by atoms with Crippen LogP contribution in [0.2, 0.25) is 0 Å². The number of carboxylic acid groups (broad SMARTS) is 1. The van der Waals surface area contributed by atoms with Crippen LogP contribution in [-0.2, 0) is 17.6 Å². The zero-order chi connectivity index (χ0) is 25.0. The van der Waals surface area contributed by atoms with Gasteiger partial charge in [0.2, 0.25) is 0 Å². The number of alkyl halides is 3. The van der Waals surface area contributed by atoms with Crippen molar-refractivity contribution in [3.8, 4) is 32.4 Å². The molecule has 0 aliphatic rings. The molecule has 0 spiro atoms. The summed E-state index contributed by atoms with van der Waals surface area (Å²) in [5.74, 6) is -0.00390. The molecule has 0 saturated heterocycles. The highest BCUT2D eigenvalue weighted by Gasteiger charge is 2.30. The van der Waals surface area contributed by atoms with Crippen LogP contribution < -0.4 is 9.47 Å². The molecule has 0 atom stereocenters. The van der Waals surface area contributed by atoms with Crippen LogP contribution in [0.1, 0.15) is 16.7 Å². The molecular formula is C27H21F3O4S. The van der Waals surface area contributed by atoms with E-state index in [1.807, 2.05) is 36.4 Å². The number of thiophene rings is 1. The molecule has 4 rings (SSSR count). The lowest BCUT2D eigenvalue weighted by atomic mass is 10.1. The van der Waals surface area contributed by atoms with Crippen LogP contribution >= 0.6 is 11.3 Å². The van der Waals surface area contributed by atoms with E-state index in [4.69, 9.17) is 14.6 Å². The fraction of sp³-hybridized carbons (Fsp3) is 0.148. The zero-order valence-electron chi connectivity index (χ0n) is 18.6. The SMILES string of the molecule is Cc1cc(OCc2cc(-c3ccc(C(F)(F)F)cc3)sc2-c2ccccc2)ccc1OCC(=O)O. The van der Waals surface area contributed by atoms with Crippen LogP contribution in [0.5, 0.6) is 11.5 Å². The van der Waals surface area contributed by atoms with Gasteiger partial charge in [-0.2, -0.15) is 13.2 Å². The third kappa shape index (κ3) is 6.02. The Morgan fingerprint density at radius 1 is 0.914 bits per heavy atom. The quantitative estimate of drug-likeness (QED) is 0.274. The number of aliphatic carboxylic acids is 1. The molecule has 3 aromatic carbocycles. The first-order valence-corrected chi connectivity index (χ1v) is 11.5. The fourth-order valence-corrected chi connectivity index (χ4v) is 4.69. The van der Waals surface area contributed by atoms with E-state index >= 15 is 0 Å². The first kappa shape index (κ1) is 24.3. The van der Waals surface area contributed by atoms with E-state index in [-0.39, 0.29) is 6.61 Å². The predicted octanol–water partition coefficient (Wildman–Crippen LogP) is 7.45. The molecule has 0 unspecified atom stereocenters. The average Bonchev–Trinajstić information content (AvgIpc) is 3.26. The van der Waals surface area contributed by atoms with Crippen LogP contribution in [0.15, 0.2) is 78.9 Å². The Morgan fingerprint density at radius 3 is 2.26 bits per heavy atom. The van der Waals surface area contributed by atoms with Gasteiger partial charge in [-0.05, 0) is 60.0 Å². The molecule has 1 heterocycles. The topological polar surface area (TPSA) is 55.8 Å². The molecule has 4 aromatic rings. The Morgan fingerprint density at radius 2 is 1.63 bits per heavy atom. The largest absolute Gasteiger partial charge is 0.489 e. The highest BCUT2D eigenvalue weighted by Crippen LogP contribution is 2.40. The summed E-state index contributed by atoms with van der Waals surface area (Å²) < 4.78 is 50.1. The molecule has 0 aliphatic carbocycles. The molecule has 0 bridgehead atoms. The Balaban J connectivity index is 1.59. The molecule has 0 saturated carbocycles. The normalized spacial score (nSPS) is 11.3. The number of hydrogen-bond acceptors (Lipinski definition) is 4. The Labute approximate surface area is 204 Å². The van der Waals surface area contributed by atoms with Crippen molar-refractivity contribution in [1.29, 1.82) is 0 Å². The number of carbonyl (C=O) groups is 1. The van der Waals surface area contributed by atoms with E-state index in [2.05, 4.69) is 0 Å². The number of aryl methyl sites for hydroxylation is 1. The molecule has 8 heteroatoms. The summed E-state index contributed by atoms with van der Waals surface area (Å²) in [7, 11) is 0. The summed E-state index contributed by atoms with van der Waals surface area (Å²) in [4.78, 5) is 12.5. The summed E-state index contributed by atoms with van der Waals surface area (Å²) in [6.45, 7) is 1.62. The molecule has 1 N–H and O–H groups in total. The lowest BCUT2D eigenvalue weighted by Gasteiger charge is -2.11. The molecule has 35 heavy (non-hydrogen) atoms. The van der Waals surface area contributed by atoms with Crippen molar-refractivity contribution in [3.05, 3.63) is 95.6 Å². The van der Waals surface area contributed by atoms with Gasteiger partial charge in [0.25, 0.3) is 0 Å². The van der Waals surface area contributed by atoms with E-state index in [0.717, 1.165) is 38.6 Å². The van der Waals surface area contributed by atoms with E-state index in [9.17, 15) is 18.0 Å². The number of rotatable bonds is 8. The van der Waals surface area contributed by atoms with Crippen molar-refractivity contribution in [3.63, 3.8) is 0 Å². The Kier molecular flexibility index (Phi) is 7.12. The van der Waals surface area contributed by atoms with E-state index < -0.39 is 24.3 Å². The summed E-state index contributed by atoms with van der Waals surface area (Å²) in [5, 5.41) is 8.79. The van der Waals surface area contributed by atoms with Crippen molar-refractivity contribution in [1.82, 2.24) is 0 Å². The van der Waals surface area contributed by atoms with Gasteiger partial charge in [0.15, 0.2) is 6.61 Å². The van der Waals surface area contributed by atoms with E-state index in [1.165, 1.54) is 23.5 Å². The maximum Gasteiger partial charge on any atom is 0.416 e. The maximum absolute atomic E-state index is 13.0. The molecule has 180 valence electrons. The Hall–Kier alpha value is -3.78. The third-order valence-electron chi connectivity index (χ3n) is 5.23. The lowest BCUT2D eigenvalue weighted by molar-refractivity contribution is -0.139. The molecular weight excluding hydrogens is 477 g/mol. The number of carboxylic acids is 1. The van der Waals surface area contributed by atoms with Gasteiger partial charge in [0.1, 0.15) is 18.1 Å². The highest BCUT2D eigenvalue weighted by atomic mass is 32.1. The minimum absolute atomic E-state index is 0.246. The van der Waals surface area contributed by atoms with Gasteiger partial charge in [-0.25, -0.2) is 4.79 Å². The average molecular weight is 499 g/mol. The highest BCUT2D eigenvalue weighted by molar-refractivity contribution is 7.19. The number of ether oxygens (including phenoxy) is 2. The Bertz CT molecular complexity index is 1310. The van der Waals surface area contributed by atoms with Crippen LogP contribution in [-0.4, -0.2) is 17.7 Å². The monoisotopic (exact) mass is 498 g/mol. The van der Waals surface area contributed by atoms with Gasteiger partial charge in [-0.3, -0.25) is 0 Å². The van der Waals surface area contributed by atoms with Gasteiger partial charge in [0, 0.05) is 15.3 Å². The van der Waals surface area contributed by atoms with Gasteiger partial charge >= 0.3 is 12.1 Å². The second kappa shape index (κ2) is 10.2. The minimum Gasteiger partial charge on any atom is -0.489 e. The summed E-state index contributed by atoms with van der Waals surface area (Å²) in [6, 6.07) is 21.9. The standard InChI is InChI=1S/C27H21F3O4S/c1-17-13-22(11-12-23(17)34-16-25(31)32)33-15-20-14-24(35-26(20)19-5-3-2-4-6-19)18-7-9-21(10-8-18)27(28,29)30/h2-14H,15-16H2,1H3,(H,31,32). The van der Waals surface area contributed by atoms with Crippen molar-refractivity contribution in [2.24, 2.45) is 0 Å². The molecule has 4 nitrogen and oxygen atoms in total. The molecule has 0 amide bonds. The van der Waals surface area contributed by atoms with Crippen molar-refractivity contribution in [2.45, 2.75) is 19.7 Å². The zero-order valence-corrected chi connectivity index (χ0v) is 19.5. The second-order valence-electron chi connectivity index (χ2n) is 7.80. The first-order valence-electron chi connectivity index (χ1n) is 10.6. The summed E-state index contributed by atoms with van der Waals surface area (Å²) >= 11 is 1.49. The minimum atomic E-state index is -4.38. The van der Waals surface area contributed by atoms with Crippen LogP contribution in [0.3, 0.4) is 0 Å². The van der Waals surface area contributed by atoms with Crippen molar-refractivity contribution >= 4 is 17.3 Å². The number of hydrogen-bond donors (Lipinski definition) is 1. The lowest BCUT2D eigenvalue weighted by Crippen LogP contribution is -2.10. The predicted molar refractivity (Wildman–Crippen MR) is 129 cm³/mol. The van der Waals surface area contributed by atoms with Gasteiger partial charge in [0.05, 0.1) is 5.56 Å².